The molecular formula is C79H104Cl2N12O23. The normalized spacial score (nSPS) is 27.2. The molecule has 11 bridgehead atoms. The summed E-state index contributed by atoms with van der Waals surface area (Å²) in [5.74, 6) is -14.8. The van der Waals surface area contributed by atoms with Crippen molar-refractivity contribution in [3.63, 3.8) is 0 Å². The summed E-state index contributed by atoms with van der Waals surface area (Å²) in [6.45, 7) is 9.43. The third-order valence-electron chi connectivity index (χ3n) is 21.1. The van der Waals surface area contributed by atoms with Gasteiger partial charge in [-0.05, 0) is 129 Å². The molecule has 7 aliphatic heterocycles. The van der Waals surface area contributed by atoms with Gasteiger partial charge in [-0.2, -0.15) is 0 Å². The number of fused-ring (bicyclic) bond motifs is 15. The number of primary amides is 1. The van der Waals surface area contributed by atoms with Gasteiger partial charge in [-0.15, -0.1) is 0 Å². The largest absolute Gasteiger partial charge is 0.508 e. The molecule has 23 N–H and O–H groups in total. The van der Waals surface area contributed by atoms with E-state index in [9.17, 15) is 65.1 Å². The Hall–Kier alpha value is -9.28. The molecule has 37 heteroatoms. The van der Waals surface area contributed by atoms with Crippen molar-refractivity contribution in [2.24, 2.45) is 17.4 Å². The molecule has 8 amide bonds. The van der Waals surface area contributed by atoms with Crippen LogP contribution in [0.5, 0.6) is 46.0 Å². The monoisotopic (exact) mass is 1660 g/mol. The van der Waals surface area contributed by atoms with Crippen LogP contribution >= 0.6 is 23.2 Å². The molecule has 7 aliphatic rings. The number of carbonyl (C=O) groups is 8. The van der Waals surface area contributed by atoms with Crippen LogP contribution in [0.25, 0.3) is 11.1 Å². The number of aliphatic hydroxyl groups is 6. The molecule has 0 unspecified atom stereocenters. The average Bonchev–Trinajstić information content (AvgIpc) is 0.753. The smallest absolute Gasteiger partial charge is 0.249 e. The van der Waals surface area contributed by atoms with Gasteiger partial charge >= 0.3 is 0 Å². The highest BCUT2D eigenvalue weighted by atomic mass is 35.5. The van der Waals surface area contributed by atoms with E-state index in [2.05, 4.69) is 60.1 Å². The van der Waals surface area contributed by atoms with Crippen LogP contribution in [0.4, 0.5) is 0 Å². The second-order valence-electron chi connectivity index (χ2n) is 30.2. The third kappa shape index (κ3) is 21.2. The third-order valence-corrected chi connectivity index (χ3v) is 21.7. The van der Waals surface area contributed by atoms with Crippen molar-refractivity contribution in [3.05, 3.63) is 117 Å². The molecule has 7 heterocycles. The van der Waals surface area contributed by atoms with Gasteiger partial charge in [-0.3, -0.25) is 38.4 Å². The predicted octanol–water partition coefficient (Wildman–Crippen LogP) is 2.42. The first-order valence-corrected chi connectivity index (χ1v) is 39.4. The summed E-state index contributed by atoms with van der Waals surface area (Å²) in [5, 5.41) is 131. The topological polar surface area (TPSA) is 546 Å². The zero-order valence-electron chi connectivity index (χ0n) is 64.9. The Bertz CT molecular complexity index is 4380. The van der Waals surface area contributed by atoms with Crippen molar-refractivity contribution in [1.82, 2.24) is 53.2 Å². The van der Waals surface area contributed by atoms with Gasteiger partial charge in [0.25, 0.3) is 0 Å². The first kappa shape index (κ1) is 89.1. The van der Waals surface area contributed by atoms with E-state index in [1.165, 1.54) is 69.5 Å². The Balaban J connectivity index is 1.16. The maximum absolute atomic E-state index is 16.3. The Morgan fingerprint density at radius 3 is 1.92 bits per heavy atom. The van der Waals surface area contributed by atoms with Crippen molar-refractivity contribution in [3.8, 4) is 57.1 Å². The van der Waals surface area contributed by atoms with Gasteiger partial charge in [-0.1, -0.05) is 107 Å². The van der Waals surface area contributed by atoms with Gasteiger partial charge in [-0.25, -0.2) is 0 Å². The average molecular weight is 1660 g/mol. The minimum atomic E-state index is -2.33. The van der Waals surface area contributed by atoms with Crippen LogP contribution in [0.1, 0.15) is 163 Å². The number of rotatable bonds is 27. The molecule has 0 saturated carbocycles. The molecule has 35 nitrogen and oxygen atoms in total. The van der Waals surface area contributed by atoms with Gasteiger partial charge in [0, 0.05) is 48.8 Å². The summed E-state index contributed by atoms with van der Waals surface area (Å²) in [7, 11) is 1.49. The van der Waals surface area contributed by atoms with E-state index in [0.717, 1.165) is 74.3 Å². The number of aliphatic hydroxyl groups excluding tert-OH is 6. The second kappa shape index (κ2) is 39.8. The zero-order valence-corrected chi connectivity index (χ0v) is 66.4. The summed E-state index contributed by atoms with van der Waals surface area (Å²) in [5.41, 5.74) is 8.43. The molecule has 116 heavy (non-hydrogen) atoms. The van der Waals surface area contributed by atoms with E-state index >= 15 is 19.2 Å². The van der Waals surface area contributed by atoms with Crippen LogP contribution in [0.3, 0.4) is 0 Å². The number of phenolic OH excluding ortho intramolecular Hbond substituents is 3. The lowest BCUT2D eigenvalue weighted by Crippen LogP contribution is -2.66. The predicted molar refractivity (Wildman–Crippen MR) is 418 cm³/mol. The van der Waals surface area contributed by atoms with Crippen molar-refractivity contribution in [2.45, 2.75) is 214 Å². The number of aromatic hydroxyl groups is 3. The number of hydrogen-bond donors (Lipinski definition) is 21. The number of likely N-dealkylation sites (N-methyl/N-ethyl adjacent to an activating group) is 1. The molecule has 0 aliphatic carbocycles. The lowest BCUT2D eigenvalue weighted by molar-refractivity contribution is -0.331. The number of nitrogens with two attached hydrogens (primary N) is 2. The summed E-state index contributed by atoms with van der Waals surface area (Å²) < 4.78 is 39.8. The molecule has 0 spiro atoms. The van der Waals surface area contributed by atoms with E-state index in [1.54, 1.807) is 13.8 Å². The maximum atomic E-state index is 16.3. The van der Waals surface area contributed by atoms with E-state index in [-0.39, 0.29) is 52.0 Å². The number of hydrogen-bond acceptors (Lipinski definition) is 27. The van der Waals surface area contributed by atoms with Crippen LogP contribution in [0, 0.1) is 5.92 Å². The number of phenols is 3. The van der Waals surface area contributed by atoms with E-state index in [1.807, 2.05) is 13.8 Å². The lowest BCUT2D eigenvalue weighted by atomic mass is 9.85. The Morgan fingerprint density at radius 1 is 0.681 bits per heavy atom. The molecule has 18 atom stereocenters. The molecule has 0 radical (unpaired) electrons. The molecule has 2 saturated heterocycles. The van der Waals surface area contributed by atoms with Gasteiger partial charge in [0.1, 0.15) is 102 Å². The van der Waals surface area contributed by atoms with Crippen molar-refractivity contribution in [1.29, 1.82) is 0 Å². The van der Waals surface area contributed by atoms with Crippen LogP contribution in [-0.2, 0) is 52.6 Å². The summed E-state index contributed by atoms with van der Waals surface area (Å²) in [6.07, 6.45) is -8.28. The van der Waals surface area contributed by atoms with E-state index in [4.69, 9.17) is 63.1 Å². The minimum absolute atomic E-state index is 0.0827. The van der Waals surface area contributed by atoms with Crippen molar-refractivity contribution in [2.75, 3.05) is 40.0 Å². The van der Waals surface area contributed by atoms with Crippen molar-refractivity contribution < 1.29 is 113 Å². The first-order valence-electron chi connectivity index (χ1n) is 38.6. The van der Waals surface area contributed by atoms with Gasteiger partial charge in [0.05, 0.1) is 34.7 Å². The van der Waals surface area contributed by atoms with Crippen LogP contribution < -0.4 is 78.8 Å². The highest BCUT2D eigenvalue weighted by molar-refractivity contribution is 6.32. The lowest BCUT2D eigenvalue weighted by Gasteiger charge is -2.48. The second-order valence-corrected chi connectivity index (χ2v) is 31.0. The fourth-order valence-electron chi connectivity index (χ4n) is 14.8. The number of carbonyl (C=O) groups excluding carboxylic acids is 8. The molecule has 2 fully saturated rings. The zero-order chi connectivity index (χ0) is 84.1. The summed E-state index contributed by atoms with van der Waals surface area (Å²) >= 11 is 14.4. The quantitative estimate of drug-likeness (QED) is 0.0265. The van der Waals surface area contributed by atoms with Gasteiger partial charge in [0.15, 0.2) is 23.9 Å². The Morgan fingerprint density at radius 2 is 1.30 bits per heavy atom. The number of ether oxygens (including phenoxy) is 6. The van der Waals surface area contributed by atoms with Crippen LogP contribution in [-0.4, -0.2) is 212 Å². The number of halogens is 2. The Kier molecular flexibility index (Phi) is 30.5. The summed E-state index contributed by atoms with van der Waals surface area (Å²) in [4.78, 5) is 119. The number of nitrogens with one attached hydrogen (secondary N) is 10. The molecule has 0 aromatic heterocycles. The van der Waals surface area contributed by atoms with Gasteiger partial charge < -0.3 is 139 Å². The molecule has 5 aromatic rings. The van der Waals surface area contributed by atoms with Crippen molar-refractivity contribution >= 4 is 70.5 Å². The molecular weight excluding hydrogens is 1560 g/mol. The van der Waals surface area contributed by atoms with Gasteiger partial charge in [0.2, 0.25) is 59.3 Å². The SMILES string of the molecule is CCCCCCCCCCNCCN[C@@]1(C)C[C@H](O[C@H]2[C@H](Oc3c4cc5cc3Oc3ccc(cc3Cl)[C@@H](O)[C@@H](NC(=O)[C@@H](CC(C)C)NC)C(=O)N[C@@H](CC(N)=O)C(=O)N[C@H]5C(=O)N[C@H]3C(=O)N[C@H](C(=O)N[C@H](C(=O)NCO)c5cc(O)cc(O)c5-c5cc3ccc5O)[C@H](O)c3ccc(c(Cl)c3)O4)O[C@H](CN)[C@@H](O)[C@@H]2O)O[C@@H](C)[C@H]1O. The number of unbranched alkanes of at least 4 members (excludes halogenated alkanes) is 7. The van der Waals surface area contributed by atoms with Crippen LogP contribution in [0.15, 0.2) is 78.9 Å². The highest BCUT2D eigenvalue weighted by Crippen LogP contribution is 2.50. The molecule has 5 aromatic carbocycles. The summed E-state index contributed by atoms with van der Waals surface area (Å²) in [6, 6.07) is 0.221. The molecule has 632 valence electrons. The fraction of sp³-hybridized carbons (Fsp3) is 0.519. The first-order chi connectivity index (χ1) is 55.3. The number of amides is 8. The molecule has 12 rings (SSSR count). The fourth-order valence-corrected chi connectivity index (χ4v) is 15.3. The minimum Gasteiger partial charge on any atom is -0.508 e. The van der Waals surface area contributed by atoms with Crippen LogP contribution in [0.2, 0.25) is 10.0 Å². The maximum Gasteiger partial charge on any atom is 0.249 e. The van der Waals surface area contributed by atoms with E-state index < -0.39 is 238 Å². The standard InChI is InChI=1S/C79H104Cl2N12O23/c1-7-8-9-10-11-12-13-14-21-85-22-23-87-79(5)33-57(111-37(4)70(79)103)115-69-67(102)66(101)55(34-82)114-78(69)116-68-53-28-41-29-54(68)113-52-20-17-40(27-46(52)81)65(100)63-77(110)91-61(73(106)86-35-94)44-30-42(95)31-50(97)58(44)43-25-38(15-18-49(43)96)59(74(107)93-63)90-75(108)60(41)89-72(105)48(32-56(83)98)88-76(109)62(92-71(104)47(84-6)24-36(2)3)64(99)39-16-19-51(112-53)45(80)26-39/h15-20,25-31,36-37,47-48,55,57,59-67,69-70,78,84-85,87,94-97,99-103H,7-14,21-24,32-35,82H2,1-6H3,(H2,83,98)(H,86,106)(H,88,109)(H,89,105)(H,90,108)(H,91,110)(H,92,104)(H,93,107)/t37-,47+,48-,55+,57-,59+,60+,61-,62+,63-,64+,65+,66+,67-,69+,70+,78-,79-/m0/s1. The number of benzene rings is 5. The highest BCUT2D eigenvalue weighted by Gasteiger charge is 2.52. The Labute approximate surface area is 678 Å². The van der Waals surface area contributed by atoms with E-state index in [0.29, 0.717) is 13.1 Å².